The average molecular weight is 539 g/mol. The van der Waals surface area contributed by atoms with Gasteiger partial charge >= 0.3 is 12.4 Å². The third kappa shape index (κ3) is 6.32. The topological polar surface area (TPSA) is 50.8 Å². The molecule has 0 aromatic heterocycles. The maximum absolute atomic E-state index is 13.2. The fourth-order valence-electron chi connectivity index (χ4n) is 5.63. The Morgan fingerprint density at radius 2 is 1.69 bits per heavy atom. The highest BCUT2D eigenvalue weighted by atomic mass is 19.4. The van der Waals surface area contributed by atoms with Crippen molar-refractivity contribution in [3.63, 3.8) is 0 Å². The molecule has 1 N–H and O–H groups in total. The van der Waals surface area contributed by atoms with Crippen molar-refractivity contribution >= 4 is 17.4 Å². The van der Waals surface area contributed by atoms with Crippen molar-refractivity contribution in [2.45, 2.75) is 64.3 Å². The first-order valence-corrected chi connectivity index (χ1v) is 13.5. The maximum atomic E-state index is 13.2. The van der Waals surface area contributed by atoms with Gasteiger partial charge in [-0.1, -0.05) is 55.8 Å². The molecular formula is C31H33F3N2O3. The second-order valence-corrected chi connectivity index (χ2v) is 10.4. The van der Waals surface area contributed by atoms with Crippen LogP contribution in [0.25, 0.3) is 11.1 Å². The van der Waals surface area contributed by atoms with E-state index in [0.717, 1.165) is 23.1 Å². The summed E-state index contributed by atoms with van der Waals surface area (Å²) >= 11 is 0. The number of rotatable bonds is 5. The molecule has 1 atom stereocenters. The molecule has 1 heterocycles. The van der Waals surface area contributed by atoms with Gasteiger partial charge in [-0.3, -0.25) is 4.90 Å². The predicted octanol–water partition coefficient (Wildman–Crippen LogP) is 8.76. The lowest BCUT2D eigenvalue weighted by atomic mass is 9.77. The zero-order valence-corrected chi connectivity index (χ0v) is 22.1. The number of carbonyl (C=O) groups excluding carboxylic acids is 1. The quantitative estimate of drug-likeness (QED) is 0.353. The van der Waals surface area contributed by atoms with Crippen LogP contribution in [0.2, 0.25) is 0 Å². The van der Waals surface area contributed by atoms with E-state index in [1.807, 2.05) is 25.1 Å². The maximum Gasteiger partial charge on any atom is 0.573 e. The lowest BCUT2D eigenvalue weighted by Gasteiger charge is -2.34. The van der Waals surface area contributed by atoms with Crippen LogP contribution in [0, 0.1) is 5.92 Å². The van der Waals surface area contributed by atoms with Gasteiger partial charge in [-0.25, -0.2) is 4.79 Å². The Bertz CT molecular complexity index is 1300. The number of fused-ring (bicyclic) bond motifs is 1. The first kappa shape index (κ1) is 26.9. The van der Waals surface area contributed by atoms with Crippen molar-refractivity contribution in [2.24, 2.45) is 5.92 Å². The third-order valence-corrected chi connectivity index (χ3v) is 7.76. The van der Waals surface area contributed by atoms with Gasteiger partial charge in [-0.2, -0.15) is 0 Å². The van der Waals surface area contributed by atoms with Crippen molar-refractivity contribution in [2.75, 3.05) is 16.8 Å². The number of carbonyl (C=O) groups is 1. The molecule has 39 heavy (non-hydrogen) atoms. The number of halogens is 3. The highest BCUT2D eigenvalue weighted by molar-refractivity contribution is 6.04. The van der Waals surface area contributed by atoms with E-state index >= 15 is 0 Å². The summed E-state index contributed by atoms with van der Waals surface area (Å²) < 4.78 is 48.6. The van der Waals surface area contributed by atoms with Crippen molar-refractivity contribution in [3.8, 4) is 22.6 Å². The predicted molar refractivity (Wildman–Crippen MR) is 146 cm³/mol. The van der Waals surface area contributed by atoms with Crippen molar-refractivity contribution in [1.29, 1.82) is 0 Å². The molecule has 1 aliphatic heterocycles. The minimum absolute atomic E-state index is 0.0691. The molecule has 1 saturated carbocycles. The average Bonchev–Trinajstić information content (AvgIpc) is 2.92. The Hall–Kier alpha value is -3.68. The summed E-state index contributed by atoms with van der Waals surface area (Å²) in [6.07, 6.45) is 1.18. The number of amides is 2. The van der Waals surface area contributed by atoms with Crippen molar-refractivity contribution in [1.82, 2.24) is 0 Å². The zero-order chi connectivity index (χ0) is 27.6. The number of para-hydroxylation sites is 2. The first-order chi connectivity index (χ1) is 18.7. The Balaban J connectivity index is 1.33. The Morgan fingerprint density at radius 1 is 1.00 bits per heavy atom. The number of anilines is 2. The molecule has 0 saturated heterocycles. The molecule has 2 aliphatic rings. The Kier molecular flexibility index (Phi) is 7.73. The van der Waals surface area contributed by atoms with Crippen LogP contribution in [-0.2, 0) is 0 Å². The molecule has 1 fully saturated rings. The zero-order valence-electron chi connectivity index (χ0n) is 22.1. The van der Waals surface area contributed by atoms with Crippen LogP contribution in [0.3, 0.4) is 0 Å². The van der Waals surface area contributed by atoms with Gasteiger partial charge in [0.15, 0.2) is 5.75 Å². The molecule has 5 rings (SSSR count). The molecule has 0 bridgehead atoms. The minimum Gasteiger partial charge on any atom is -0.487 e. The summed E-state index contributed by atoms with van der Waals surface area (Å²) in [6, 6.07) is 19.3. The van der Waals surface area contributed by atoms with Gasteiger partial charge in [0.1, 0.15) is 11.9 Å². The van der Waals surface area contributed by atoms with E-state index in [-0.39, 0.29) is 18.3 Å². The largest absolute Gasteiger partial charge is 0.573 e. The van der Waals surface area contributed by atoms with E-state index in [0.29, 0.717) is 17.4 Å². The lowest BCUT2D eigenvalue weighted by molar-refractivity contribution is -0.274. The molecule has 8 heteroatoms. The monoisotopic (exact) mass is 538 g/mol. The van der Waals surface area contributed by atoms with Crippen LogP contribution < -0.4 is 19.7 Å². The molecule has 0 radical (unpaired) electrons. The van der Waals surface area contributed by atoms with Gasteiger partial charge in [-0.15, -0.1) is 13.2 Å². The molecule has 1 unspecified atom stereocenters. The third-order valence-electron chi connectivity index (χ3n) is 7.76. The highest BCUT2D eigenvalue weighted by Gasteiger charge is 2.33. The number of ether oxygens (including phenoxy) is 2. The molecule has 3 aromatic carbocycles. The smallest absolute Gasteiger partial charge is 0.487 e. The van der Waals surface area contributed by atoms with Crippen LogP contribution in [0.15, 0.2) is 66.7 Å². The second-order valence-electron chi connectivity index (χ2n) is 10.4. The summed E-state index contributed by atoms with van der Waals surface area (Å²) in [6.45, 7) is 4.37. The van der Waals surface area contributed by atoms with Crippen LogP contribution in [0.4, 0.5) is 29.3 Å². The second kappa shape index (κ2) is 11.2. The van der Waals surface area contributed by atoms with Gasteiger partial charge in [0.2, 0.25) is 0 Å². The molecule has 3 aromatic rings. The van der Waals surface area contributed by atoms with Crippen LogP contribution in [0.5, 0.6) is 11.5 Å². The summed E-state index contributed by atoms with van der Waals surface area (Å²) in [5, 5.41) is 2.56. The lowest BCUT2D eigenvalue weighted by Crippen LogP contribution is -2.44. The molecule has 1 aliphatic carbocycles. The van der Waals surface area contributed by atoms with Gasteiger partial charge in [0.25, 0.3) is 0 Å². The van der Waals surface area contributed by atoms with Crippen molar-refractivity contribution in [3.05, 3.63) is 72.3 Å². The van der Waals surface area contributed by atoms with Crippen LogP contribution in [-0.4, -0.2) is 25.0 Å². The minimum atomic E-state index is -4.87. The highest BCUT2D eigenvalue weighted by Crippen LogP contribution is 2.40. The number of hydrogen-bond acceptors (Lipinski definition) is 3. The Morgan fingerprint density at radius 3 is 2.38 bits per heavy atom. The summed E-state index contributed by atoms with van der Waals surface area (Å²) in [5.41, 5.74) is 3.88. The Labute approximate surface area is 226 Å². The molecular weight excluding hydrogens is 505 g/mol. The number of urea groups is 1. The van der Waals surface area contributed by atoms with E-state index < -0.39 is 18.1 Å². The fraction of sp³-hybridized carbons (Fsp3) is 0.387. The normalized spacial score (nSPS) is 21.1. The van der Waals surface area contributed by atoms with Crippen molar-refractivity contribution < 1.29 is 27.4 Å². The summed E-state index contributed by atoms with van der Waals surface area (Å²) in [4.78, 5) is 14.7. The molecule has 0 spiro atoms. The summed E-state index contributed by atoms with van der Waals surface area (Å²) in [5.74, 6) is 1.55. The molecule has 2 amide bonds. The fourth-order valence-corrected chi connectivity index (χ4v) is 5.63. The van der Waals surface area contributed by atoms with E-state index in [1.54, 1.807) is 0 Å². The molecule has 206 valence electrons. The number of hydrogen-bond donors (Lipinski definition) is 1. The van der Waals surface area contributed by atoms with E-state index in [4.69, 9.17) is 4.74 Å². The van der Waals surface area contributed by atoms with E-state index in [1.165, 1.54) is 60.8 Å². The van der Waals surface area contributed by atoms with Gasteiger partial charge < -0.3 is 14.8 Å². The van der Waals surface area contributed by atoms with Gasteiger partial charge in [0.05, 0.1) is 17.9 Å². The molecule has 5 nitrogen and oxygen atoms in total. The first-order valence-electron chi connectivity index (χ1n) is 13.5. The number of alkyl halides is 3. The standard InChI is InChI=1S/C31H33F3N2O3/c1-3-21-8-10-22(11-9-21)23-12-14-24(15-13-23)25-16-17-27-29(18-25)38-20(2)19-36(27)30(37)35-26-6-4-5-7-28(26)39-31(32,33)34/h4-7,12-18,20-22H,3,8-11,19H2,1-2H3,(H,35,37). The van der Waals surface area contributed by atoms with Gasteiger partial charge in [-0.05, 0) is 85.4 Å². The number of benzene rings is 3. The summed E-state index contributed by atoms with van der Waals surface area (Å²) in [7, 11) is 0. The van der Waals surface area contributed by atoms with Crippen LogP contribution in [0.1, 0.15) is 57.4 Å². The van der Waals surface area contributed by atoms with Gasteiger partial charge in [0, 0.05) is 0 Å². The number of nitrogens with zero attached hydrogens (tertiary/aromatic N) is 1. The van der Waals surface area contributed by atoms with Crippen LogP contribution >= 0.6 is 0 Å². The van der Waals surface area contributed by atoms with E-state index in [2.05, 4.69) is 41.2 Å². The van der Waals surface area contributed by atoms with E-state index in [9.17, 15) is 18.0 Å². The number of nitrogens with one attached hydrogen (secondary N) is 1. The SMILES string of the molecule is CCC1CCC(c2ccc(-c3ccc4c(c3)OC(C)CN4C(=O)Nc3ccccc3OC(F)(F)F)cc2)CC1.